The molecule has 0 bridgehead atoms. The van der Waals surface area contributed by atoms with Crippen LogP contribution in [0.2, 0.25) is 0 Å². The third kappa shape index (κ3) is 2.18. The molecule has 0 spiro atoms. The lowest BCUT2D eigenvalue weighted by molar-refractivity contribution is 0.0698. The van der Waals surface area contributed by atoms with Crippen LogP contribution in [0.15, 0.2) is 36.4 Å². The Hall–Kier alpha value is -2.62. The summed E-state index contributed by atoms with van der Waals surface area (Å²) in [5.41, 5.74) is 2.35. The monoisotopic (exact) mass is 281 g/mol. The molecule has 106 valence electrons. The Kier molecular flexibility index (Phi) is 3.22. The summed E-state index contributed by atoms with van der Waals surface area (Å²) in [5.74, 6) is -0.849. The number of nitrogens with one attached hydrogen (secondary N) is 1. The molecule has 0 radical (unpaired) electrons. The van der Waals surface area contributed by atoms with E-state index in [1.807, 2.05) is 25.1 Å². The lowest BCUT2D eigenvalue weighted by Crippen LogP contribution is -1.97. The van der Waals surface area contributed by atoms with E-state index in [1.54, 1.807) is 18.2 Å². The van der Waals surface area contributed by atoms with Crippen molar-refractivity contribution in [2.24, 2.45) is 0 Å². The molecule has 0 saturated heterocycles. The number of carboxylic acid groups (broad SMARTS) is 1. The number of benzene rings is 2. The fourth-order valence-electron chi connectivity index (χ4n) is 2.65. The largest absolute Gasteiger partial charge is 0.478 e. The Morgan fingerprint density at radius 2 is 1.95 bits per heavy atom. The summed E-state index contributed by atoms with van der Waals surface area (Å²) in [6.45, 7) is 1.97. The van der Waals surface area contributed by atoms with Gasteiger partial charge in [-0.25, -0.2) is 4.79 Å². The smallest absolute Gasteiger partial charge is 0.337 e. The van der Waals surface area contributed by atoms with Gasteiger partial charge in [-0.05, 0) is 30.7 Å². The molecular formula is C17H15NO3. The average Bonchev–Trinajstić information content (AvgIpc) is 2.84. The van der Waals surface area contributed by atoms with Crippen molar-refractivity contribution in [1.82, 2.24) is 4.98 Å². The second-order valence-electron chi connectivity index (χ2n) is 5.09. The van der Waals surface area contributed by atoms with Gasteiger partial charge in [-0.2, -0.15) is 0 Å². The van der Waals surface area contributed by atoms with Crippen molar-refractivity contribution >= 4 is 33.6 Å². The van der Waals surface area contributed by atoms with Gasteiger partial charge in [0.2, 0.25) is 0 Å². The Morgan fingerprint density at radius 3 is 2.67 bits per heavy atom. The van der Waals surface area contributed by atoms with Gasteiger partial charge in [-0.1, -0.05) is 19.1 Å². The standard InChI is InChI=1S/C17H15NO3/c1-2-4-15(19)10-7-8-14-13(9-10)11-5-3-6-12(17(20)21)16(11)18-14/h3,5-9,18H,2,4H2,1H3,(H,20,21). The van der Waals surface area contributed by atoms with Gasteiger partial charge in [-0.15, -0.1) is 0 Å². The van der Waals surface area contributed by atoms with Gasteiger partial charge in [0.1, 0.15) is 0 Å². The van der Waals surface area contributed by atoms with Crippen LogP contribution < -0.4 is 0 Å². The van der Waals surface area contributed by atoms with Crippen molar-refractivity contribution < 1.29 is 14.7 Å². The fourth-order valence-corrected chi connectivity index (χ4v) is 2.65. The van der Waals surface area contributed by atoms with Gasteiger partial charge >= 0.3 is 5.97 Å². The van der Waals surface area contributed by atoms with E-state index in [4.69, 9.17) is 0 Å². The first-order valence-corrected chi connectivity index (χ1v) is 6.92. The second kappa shape index (κ2) is 5.05. The molecule has 0 unspecified atom stereocenters. The van der Waals surface area contributed by atoms with Crippen LogP contribution in [0.3, 0.4) is 0 Å². The number of H-pyrrole nitrogens is 1. The van der Waals surface area contributed by atoms with E-state index in [0.717, 1.165) is 22.7 Å². The maximum atomic E-state index is 12.0. The molecule has 0 amide bonds. The van der Waals surface area contributed by atoms with Crippen molar-refractivity contribution in [2.75, 3.05) is 0 Å². The van der Waals surface area contributed by atoms with Crippen molar-refractivity contribution in [3.05, 3.63) is 47.5 Å². The van der Waals surface area contributed by atoms with Crippen LogP contribution in [0.1, 0.15) is 40.5 Å². The number of aromatic amines is 1. The molecule has 0 saturated carbocycles. The van der Waals surface area contributed by atoms with Crippen molar-refractivity contribution in [2.45, 2.75) is 19.8 Å². The van der Waals surface area contributed by atoms with Crippen molar-refractivity contribution in [3.63, 3.8) is 0 Å². The average molecular weight is 281 g/mol. The highest BCUT2D eigenvalue weighted by atomic mass is 16.4. The highest BCUT2D eigenvalue weighted by molar-refractivity contribution is 6.15. The molecule has 21 heavy (non-hydrogen) atoms. The predicted octanol–water partition coefficient (Wildman–Crippen LogP) is 4.00. The summed E-state index contributed by atoms with van der Waals surface area (Å²) in [7, 11) is 0. The lowest BCUT2D eigenvalue weighted by Gasteiger charge is -2.00. The zero-order valence-electron chi connectivity index (χ0n) is 11.6. The van der Waals surface area contributed by atoms with Crippen molar-refractivity contribution in [1.29, 1.82) is 0 Å². The number of Topliss-reactive ketones (excluding diaryl/α,β-unsaturated/α-hetero) is 1. The Labute approximate surface area is 121 Å². The topological polar surface area (TPSA) is 70.2 Å². The second-order valence-corrected chi connectivity index (χ2v) is 5.09. The van der Waals surface area contributed by atoms with Crippen molar-refractivity contribution in [3.8, 4) is 0 Å². The van der Waals surface area contributed by atoms with Gasteiger partial charge in [0.05, 0.1) is 11.1 Å². The number of aromatic carboxylic acids is 1. The lowest BCUT2D eigenvalue weighted by atomic mass is 10.0. The molecule has 0 fully saturated rings. The molecule has 4 nitrogen and oxygen atoms in total. The minimum absolute atomic E-state index is 0.114. The van der Waals surface area contributed by atoms with Crippen LogP contribution in [0, 0.1) is 0 Å². The molecule has 2 N–H and O–H groups in total. The molecule has 0 aliphatic carbocycles. The number of carbonyl (C=O) groups is 2. The Morgan fingerprint density at radius 1 is 1.14 bits per heavy atom. The number of hydrogen-bond donors (Lipinski definition) is 2. The molecule has 0 atom stereocenters. The maximum Gasteiger partial charge on any atom is 0.337 e. The number of aromatic nitrogens is 1. The molecule has 3 aromatic rings. The number of fused-ring (bicyclic) bond motifs is 3. The van der Waals surface area contributed by atoms with Crippen LogP contribution >= 0.6 is 0 Å². The quantitative estimate of drug-likeness (QED) is 0.710. The number of rotatable bonds is 4. The van der Waals surface area contributed by atoms with Gasteiger partial charge in [-0.3, -0.25) is 4.79 Å². The summed E-state index contributed by atoms with van der Waals surface area (Å²) in [4.78, 5) is 26.4. The Balaban J connectivity index is 2.26. The van der Waals surface area contributed by atoms with E-state index >= 15 is 0 Å². The normalized spacial score (nSPS) is 11.1. The molecule has 3 rings (SSSR count). The van der Waals surface area contributed by atoms with E-state index in [1.165, 1.54) is 0 Å². The number of hydrogen-bond acceptors (Lipinski definition) is 2. The number of carbonyl (C=O) groups excluding carboxylic acids is 1. The summed E-state index contributed by atoms with van der Waals surface area (Å²) in [6, 6.07) is 10.6. The zero-order chi connectivity index (χ0) is 15.0. The summed E-state index contributed by atoms with van der Waals surface area (Å²) < 4.78 is 0. The first kappa shape index (κ1) is 13.4. The summed E-state index contributed by atoms with van der Waals surface area (Å²) in [6.07, 6.45) is 1.34. The molecule has 1 aromatic heterocycles. The number of para-hydroxylation sites is 1. The van der Waals surface area contributed by atoms with E-state index in [-0.39, 0.29) is 11.3 Å². The van der Waals surface area contributed by atoms with Crippen LogP contribution in [0.4, 0.5) is 0 Å². The number of carboxylic acids is 1. The van der Waals surface area contributed by atoms with Crippen LogP contribution in [0.25, 0.3) is 21.8 Å². The van der Waals surface area contributed by atoms with Crippen LogP contribution in [0.5, 0.6) is 0 Å². The van der Waals surface area contributed by atoms with Crippen LogP contribution in [-0.4, -0.2) is 21.8 Å². The van der Waals surface area contributed by atoms with Gasteiger partial charge < -0.3 is 10.1 Å². The van der Waals surface area contributed by atoms with Gasteiger partial charge in [0.15, 0.2) is 5.78 Å². The van der Waals surface area contributed by atoms with Gasteiger partial charge in [0, 0.05) is 28.3 Å². The van der Waals surface area contributed by atoms with Gasteiger partial charge in [0.25, 0.3) is 0 Å². The van der Waals surface area contributed by atoms with Crippen LogP contribution in [-0.2, 0) is 0 Å². The molecule has 2 aromatic carbocycles. The van der Waals surface area contributed by atoms with E-state index < -0.39 is 5.97 Å². The predicted molar refractivity (Wildman–Crippen MR) is 82.0 cm³/mol. The highest BCUT2D eigenvalue weighted by Crippen LogP contribution is 2.28. The molecule has 0 aliphatic rings. The molecular weight excluding hydrogens is 266 g/mol. The minimum atomic E-state index is -0.963. The third-order valence-electron chi connectivity index (χ3n) is 3.66. The SMILES string of the molecule is CCCC(=O)c1ccc2[nH]c3c(C(=O)O)cccc3c2c1. The number of ketones is 1. The van der Waals surface area contributed by atoms with E-state index in [9.17, 15) is 14.7 Å². The molecule has 0 aliphatic heterocycles. The zero-order valence-corrected chi connectivity index (χ0v) is 11.6. The van der Waals surface area contributed by atoms with E-state index in [2.05, 4.69) is 4.98 Å². The first-order valence-electron chi connectivity index (χ1n) is 6.92. The summed E-state index contributed by atoms with van der Waals surface area (Å²) in [5, 5.41) is 11.0. The first-order chi connectivity index (χ1) is 10.1. The minimum Gasteiger partial charge on any atom is -0.478 e. The highest BCUT2D eigenvalue weighted by Gasteiger charge is 2.14. The summed E-state index contributed by atoms with van der Waals surface area (Å²) >= 11 is 0. The maximum absolute atomic E-state index is 12.0. The molecule has 4 heteroatoms. The fraction of sp³-hybridized carbons (Fsp3) is 0.176. The third-order valence-corrected chi connectivity index (χ3v) is 3.66. The van der Waals surface area contributed by atoms with E-state index in [0.29, 0.717) is 17.5 Å². The Bertz CT molecular complexity index is 861. The molecule has 1 heterocycles.